The van der Waals surface area contributed by atoms with Crippen molar-refractivity contribution >= 4 is 35.1 Å². The van der Waals surface area contributed by atoms with Gasteiger partial charge in [0.2, 0.25) is 5.91 Å². The number of hydrogen-bond acceptors (Lipinski definition) is 7. The standard InChI is InChI=1S/C21H26N2O7/c1-13(24)29-21(12-18(26)30-20(2,3)4)19(27)23(9-10-28-21)15-7-5-14-6-8-17(25)22-16(14)11-15/h5,7,11H,6,8-10,12H2,1-4H3,(H,22,25)/t21-/m1/s1. The van der Waals surface area contributed by atoms with E-state index in [1.807, 2.05) is 6.07 Å². The predicted molar refractivity (Wildman–Crippen MR) is 107 cm³/mol. The molecule has 2 aliphatic heterocycles. The molecule has 0 bridgehead atoms. The van der Waals surface area contributed by atoms with Crippen molar-refractivity contribution in [1.82, 2.24) is 0 Å². The van der Waals surface area contributed by atoms with Gasteiger partial charge in [0.15, 0.2) is 0 Å². The molecule has 0 aromatic heterocycles. The Bertz CT molecular complexity index is 890. The van der Waals surface area contributed by atoms with Gasteiger partial charge in [-0.05, 0) is 44.9 Å². The number of nitrogens with zero attached hydrogens (tertiary/aromatic N) is 1. The van der Waals surface area contributed by atoms with E-state index in [1.165, 1.54) is 4.90 Å². The van der Waals surface area contributed by atoms with E-state index in [2.05, 4.69) is 5.32 Å². The van der Waals surface area contributed by atoms with Gasteiger partial charge in [-0.15, -0.1) is 0 Å². The highest BCUT2D eigenvalue weighted by Crippen LogP contribution is 2.33. The van der Waals surface area contributed by atoms with Crippen molar-refractivity contribution in [2.45, 2.75) is 58.3 Å². The van der Waals surface area contributed by atoms with Crippen molar-refractivity contribution in [1.29, 1.82) is 0 Å². The number of anilines is 2. The molecule has 1 fully saturated rings. The Morgan fingerprint density at radius 2 is 1.97 bits per heavy atom. The van der Waals surface area contributed by atoms with Crippen molar-refractivity contribution in [2.75, 3.05) is 23.4 Å². The van der Waals surface area contributed by atoms with Crippen LogP contribution in [0, 0.1) is 0 Å². The van der Waals surface area contributed by atoms with Gasteiger partial charge in [-0.25, -0.2) is 0 Å². The molecule has 2 heterocycles. The Morgan fingerprint density at radius 3 is 2.63 bits per heavy atom. The Kier molecular flexibility index (Phi) is 5.85. The number of rotatable bonds is 4. The number of morpholine rings is 1. The molecule has 0 radical (unpaired) electrons. The van der Waals surface area contributed by atoms with Crippen molar-refractivity contribution in [2.24, 2.45) is 0 Å². The maximum Gasteiger partial charge on any atom is 0.313 e. The molecule has 2 amide bonds. The number of carbonyl (C=O) groups is 4. The SMILES string of the molecule is CC(=O)O[C@@]1(CC(=O)OC(C)(C)C)OCCN(c2ccc3c(c2)NC(=O)CC3)C1=O. The number of amides is 2. The lowest BCUT2D eigenvalue weighted by molar-refractivity contribution is -0.236. The second-order valence-corrected chi connectivity index (χ2v) is 8.30. The van der Waals surface area contributed by atoms with Crippen molar-refractivity contribution in [3.63, 3.8) is 0 Å². The fourth-order valence-corrected chi connectivity index (χ4v) is 3.48. The molecule has 0 spiro atoms. The molecule has 1 N–H and O–H groups in total. The van der Waals surface area contributed by atoms with E-state index in [-0.39, 0.29) is 19.1 Å². The van der Waals surface area contributed by atoms with Crippen molar-refractivity contribution < 1.29 is 33.4 Å². The van der Waals surface area contributed by atoms with E-state index in [9.17, 15) is 19.2 Å². The summed E-state index contributed by atoms with van der Waals surface area (Å²) in [6, 6.07) is 5.29. The third-order valence-electron chi connectivity index (χ3n) is 4.63. The van der Waals surface area contributed by atoms with Crippen LogP contribution in [0.25, 0.3) is 0 Å². The summed E-state index contributed by atoms with van der Waals surface area (Å²) in [6.07, 6.45) is 0.462. The molecule has 9 nitrogen and oxygen atoms in total. The third kappa shape index (κ3) is 4.79. The summed E-state index contributed by atoms with van der Waals surface area (Å²) >= 11 is 0. The zero-order chi connectivity index (χ0) is 22.1. The smallest absolute Gasteiger partial charge is 0.313 e. The quantitative estimate of drug-likeness (QED) is 0.744. The van der Waals surface area contributed by atoms with Crippen molar-refractivity contribution in [3.8, 4) is 0 Å². The molecule has 162 valence electrons. The Balaban J connectivity index is 1.90. The van der Waals surface area contributed by atoms with Crippen LogP contribution in [-0.2, 0) is 39.8 Å². The number of benzene rings is 1. The first-order valence-corrected chi connectivity index (χ1v) is 9.79. The zero-order valence-electron chi connectivity index (χ0n) is 17.6. The molecule has 0 saturated carbocycles. The average Bonchev–Trinajstić information content (AvgIpc) is 2.61. The highest BCUT2D eigenvalue weighted by molar-refractivity contribution is 6.03. The van der Waals surface area contributed by atoms with Crippen LogP contribution in [0.4, 0.5) is 11.4 Å². The van der Waals surface area contributed by atoms with Gasteiger partial charge >= 0.3 is 23.6 Å². The van der Waals surface area contributed by atoms with Crippen LogP contribution in [0.15, 0.2) is 18.2 Å². The molecule has 3 rings (SSSR count). The summed E-state index contributed by atoms with van der Waals surface area (Å²) in [5.41, 5.74) is 1.33. The maximum absolute atomic E-state index is 13.3. The zero-order valence-corrected chi connectivity index (χ0v) is 17.6. The van der Waals surface area contributed by atoms with Gasteiger partial charge in [-0.1, -0.05) is 6.07 Å². The second kappa shape index (κ2) is 8.06. The van der Waals surface area contributed by atoms with Crippen LogP contribution in [0.5, 0.6) is 0 Å². The maximum atomic E-state index is 13.3. The molecule has 0 unspecified atom stereocenters. The summed E-state index contributed by atoms with van der Waals surface area (Å²) in [5.74, 6) is -4.36. The summed E-state index contributed by atoms with van der Waals surface area (Å²) in [5, 5.41) is 2.80. The fraction of sp³-hybridized carbons (Fsp3) is 0.524. The lowest BCUT2D eigenvalue weighted by atomic mass is 10.0. The third-order valence-corrected chi connectivity index (χ3v) is 4.63. The Morgan fingerprint density at radius 1 is 1.23 bits per heavy atom. The van der Waals surface area contributed by atoms with Crippen LogP contribution >= 0.6 is 0 Å². The van der Waals surface area contributed by atoms with Crippen LogP contribution in [-0.4, -0.2) is 48.3 Å². The monoisotopic (exact) mass is 418 g/mol. The number of aryl methyl sites for hydroxylation is 1. The lowest BCUT2D eigenvalue weighted by Gasteiger charge is -2.40. The number of esters is 2. The van der Waals surface area contributed by atoms with Crippen LogP contribution in [0.2, 0.25) is 0 Å². The summed E-state index contributed by atoms with van der Waals surface area (Å²) in [7, 11) is 0. The van der Waals surface area contributed by atoms with Crippen molar-refractivity contribution in [3.05, 3.63) is 23.8 Å². The summed E-state index contributed by atoms with van der Waals surface area (Å²) in [6.45, 7) is 6.47. The second-order valence-electron chi connectivity index (χ2n) is 8.30. The van der Waals surface area contributed by atoms with Gasteiger partial charge in [0.25, 0.3) is 0 Å². The van der Waals surface area contributed by atoms with Gasteiger partial charge in [0.1, 0.15) is 12.0 Å². The first-order valence-electron chi connectivity index (χ1n) is 9.79. The van der Waals surface area contributed by atoms with E-state index < -0.39 is 35.7 Å². The highest BCUT2D eigenvalue weighted by atomic mass is 16.7. The normalized spacial score (nSPS) is 21.5. The fourth-order valence-electron chi connectivity index (χ4n) is 3.48. The van der Waals surface area contributed by atoms with Gasteiger partial charge < -0.3 is 24.4 Å². The van der Waals surface area contributed by atoms with E-state index in [0.717, 1.165) is 12.5 Å². The molecule has 1 saturated heterocycles. The molecular formula is C21H26N2O7. The van der Waals surface area contributed by atoms with Gasteiger partial charge in [-0.3, -0.25) is 19.2 Å². The van der Waals surface area contributed by atoms with Crippen LogP contribution in [0.3, 0.4) is 0 Å². The minimum absolute atomic E-state index is 0.0469. The number of ether oxygens (including phenoxy) is 3. The van der Waals surface area contributed by atoms with Gasteiger partial charge in [-0.2, -0.15) is 0 Å². The topological polar surface area (TPSA) is 111 Å². The van der Waals surface area contributed by atoms with E-state index in [1.54, 1.807) is 32.9 Å². The minimum atomic E-state index is -2.11. The van der Waals surface area contributed by atoms with E-state index >= 15 is 0 Å². The number of fused-ring (bicyclic) bond motifs is 1. The highest BCUT2D eigenvalue weighted by Gasteiger charge is 2.51. The lowest BCUT2D eigenvalue weighted by Crippen LogP contribution is -2.60. The molecule has 9 heteroatoms. The summed E-state index contributed by atoms with van der Waals surface area (Å²) in [4.78, 5) is 50.6. The number of nitrogens with one attached hydrogen (secondary N) is 1. The number of hydrogen-bond donors (Lipinski definition) is 1. The molecule has 1 atom stereocenters. The molecule has 2 aliphatic rings. The molecule has 0 aliphatic carbocycles. The van der Waals surface area contributed by atoms with Crippen LogP contribution in [0.1, 0.15) is 46.1 Å². The largest absolute Gasteiger partial charge is 0.460 e. The first kappa shape index (κ1) is 21.8. The molecular weight excluding hydrogens is 392 g/mol. The molecule has 30 heavy (non-hydrogen) atoms. The Labute approximate surface area is 174 Å². The van der Waals surface area contributed by atoms with Crippen LogP contribution < -0.4 is 10.2 Å². The number of carbonyl (C=O) groups excluding carboxylic acids is 4. The van der Waals surface area contributed by atoms with E-state index in [0.29, 0.717) is 24.2 Å². The summed E-state index contributed by atoms with van der Waals surface area (Å²) < 4.78 is 16.1. The minimum Gasteiger partial charge on any atom is -0.460 e. The predicted octanol–water partition coefficient (Wildman–Crippen LogP) is 1.93. The average molecular weight is 418 g/mol. The van der Waals surface area contributed by atoms with E-state index in [4.69, 9.17) is 14.2 Å². The first-order chi connectivity index (χ1) is 14.0. The molecule has 1 aromatic rings. The Hall–Kier alpha value is -2.94. The van der Waals surface area contributed by atoms with Gasteiger partial charge in [0, 0.05) is 31.3 Å². The molecule has 1 aromatic carbocycles. The van der Waals surface area contributed by atoms with Gasteiger partial charge in [0.05, 0.1) is 6.61 Å².